The van der Waals surface area contributed by atoms with Gasteiger partial charge in [-0.3, -0.25) is 4.79 Å². The van der Waals surface area contributed by atoms with E-state index in [1.807, 2.05) is 73.0 Å². The quantitative estimate of drug-likeness (QED) is 0.731. The average molecular weight is 349 g/mol. The molecule has 0 fully saturated rings. The number of para-hydroxylation sites is 2. The van der Waals surface area contributed by atoms with Gasteiger partial charge in [0.25, 0.3) is 5.91 Å². The van der Waals surface area contributed by atoms with E-state index in [0.717, 1.165) is 28.3 Å². The fraction of sp³-hybridized carbons (Fsp3) is 0.190. The van der Waals surface area contributed by atoms with Crippen molar-refractivity contribution in [2.24, 2.45) is 0 Å². The third kappa shape index (κ3) is 3.28. The second-order valence-electron chi connectivity index (χ2n) is 6.19. The maximum Gasteiger partial charge on any atom is 0.259 e. The lowest BCUT2D eigenvalue weighted by molar-refractivity contribution is 0.102. The van der Waals surface area contributed by atoms with Gasteiger partial charge >= 0.3 is 0 Å². The molecule has 0 saturated carbocycles. The number of methoxy groups -OCH3 is 1. The summed E-state index contributed by atoms with van der Waals surface area (Å²) >= 11 is 0. The molecule has 0 spiro atoms. The molecule has 3 N–H and O–H groups in total. The maximum absolute atomic E-state index is 12.8. The summed E-state index contributed by atoms with van der Waals surface area (Å²) < 4.78 is 7.38. The van der Waals surface area contributed by atoms with Crippen LogP contribution in [0.2, 0.25) is 0 Å². The van der Waals surface area contributed by atoms with Crippen molar-refractivity contribution in [2.75, 3.05) is 18.2 Å². The summed E-state index contributed by atoms with van der Waals surface area (Å²) in [5.41, 5.74) is 10.5. The minimum Gasteiger partial charge on any atom is -0.496 e. The first-order valence-electron chi connectivity index (χ1n) is 8.46. The molecule has 1 heterocycles. The van der Waals surface area contributed by atoms with Crippen LogP contribution in [0.4, 0.5) is 11.5 Å². The molecule has 0 radical (unpaired) electrons. The number of anilines is 2. The topological polar surface area (TPSA) is 69.3 Å². The highest BCUT2D eigenvalue weighted by molar-refractivity contribution is 6.08. The number of hydrogen-bond acceptors (Lipinski definition) is 3. The molecule has 26 heavy (non-hydrogen) atoms. The number of carbonyl (C=O) groups is 1. The number of aromatic nitrogens is 1. The number of rotatable bonds is 5. The summed E-state index contributed by atoms with van der Waals surface area (Å²) in [5.74, 6) is 1.06. The Morgan fingerprint density at radius 3 is 2.42 bits per heavy atom. The van der Waals surface area contributed by atoms with Crippen LogP contribution in [0, 0.1) is 13.8 Å². The van der Waals surface area contributed by atoms with Crippen LogP contribution in [-0.4, -0.2) is 17.6 Å². The molecule has 0 bridgehead atoms. The van der Waals surface area contributed by atoms with Crippen LogP contribution in [0.25, 0.3) is 0 Å². The maximum atomic E-state index is 12.8. The molecule has 0 aliphatic rings. The predicted molar refractivity (Wildman–Crippen MR) is 105 cm³/mol. The summed E-state index contributed by atoms with van der Waals surface area (Å²) in [4.78, 5) is 12.8. The van der Waals surface area contributed by atoms with E-state index in [4.69, 9.17) is 10.5 Å². The fourth-order valence-corrected chi connectivity index (χ4v) is 3.10. The fourth-order valence-electron chi connectivity index (χ4n) is 3.10. The smallest absolute Gasteiger partial charge is 0.259 e. The van der Waals surface area contributed by atoms with Gasteiger partial charge in [0, 0.05) is 16.9 Å². The van der Waals surface area contributed by atoms with Crippen LogP contribution in [0.5, 0.6) is 5.75 Å². The van der Waals surface area contributed by atoms with Crippen molar-refractivity contribution < 1.29 is 9.53 Å². The van der Waals surface area contributed by atoms with Crippen LogP contribution in [0.15, 0.2) is 54.6 Å². The van der Waals surface area contributed by atoms with Crippen molar-refractivity contribution in [3.8, 4) is 5.75 Å². The molecule has 3 aromatic rings. The first-order chi connectivity index (χ1) is 12.5. The lowest BCUT2D eigenvalue weighted by Crippen LogP contribution is -2.15. The number of benzene rings is 2. The van der Waals surface area contributed by atoms with E-state index in [1.165, 1.54) is 0 Å². The first-order valence-corrected chi connectivity index (χ1v) is 8.46. The van der Waals surface area contributed by atoms with Gasteiger partial charge in [-0.2, -0.15) is 0 Å². The predicted octanol–water partition coefficient (Wildman–Crippen LogP) is 4.00. The summed E-state index contributed by atoms with van der Waals surface area (Å²) in [6, 6.07) is 17.2. The SMILES string of the molecule is COc1ccccc1Cn1c(C)c(C)c(C(=O)Nc2ccccc2)c1N. The Morgan fingerprint density at radius 1 is 1.08 bits per heavy atom. The molecule has 3 rings (SSSR count). The molecule has 134 valence electrons. The van der Waals surface area contributed by atoms with Crippen LogP contribution >= 0.6 is 0 Å². The van der Waals surface area contributed by atoms with Crippen molar-refractivity contribution in [1.82, 2.24) is 4.57 Å². The standard InChI is InChI=1S/C21H23N3O2/c1-14-15(2)24(13-16-9-7-8-12-18(16)26-3)20(22)19(14)21(25)23-17-10-5-4-6-11-17/h4-12H,13,22H2,1-3H3,(H,23,25). The highest BCUT2D eigenvalue weighted by atomic mass is 16.5. The van der Waals surface area contributed by atoms with Gasteiger partial charge in [-0.05, 0) is 37.6 Å². The zero-order valence-corrected chi connectivity index (χ0v) is 15.2. The second kappa shape index (κ2) is 7.35. The monoisotopic (exact) mass is 349 g/mol. The third-order valence-electron chi connectivity index (χ3n) is 4.65. The van der Waals surface area contributed by atoms with Gasteiger partial charge in [-0.15, -0.1) is 0 Å². The van der Waals surface area contributed by atoms with E-state index in [9.17, 15) is 4.79 Å². The number of nitrogens with one attached hydrogen (secondary N) is 1. The van der Waals surface area contributed by atoms with Crippen LogP contribution < -0.4 is 15.8 Å². The van der Waals surface area contributed by atoms with E-state index in [1.54, 1.807) is 7.11 Å². The number of nitrogens with two attached hydrogens (primary N) is 1. The zero-order chi connectivity index (χ0) is 18.7. The van der Waals surface area contributed by atoms with Gasteiger partial charge in [0.15, 0.2) is 0 Å². The molecule has 0 aliphatic carbocycles. The Balaban J connectivity index is 1.94. The zero-order valence-electron chi connectivity index (χ0n) is 15.2. The first kappa shape index (κ1) is 17.6. The normalized spacial score (nSPS) is 10.6. The molecule has 0 saturated heterocycles. The summed E-state index contributed by atoms with van der Waals surface area (Å²) in [7, 11) is 1.65. The average Bonchev–Trinajstić information content (AvgIpc) is 2.86. The number of ether oxygens (including phenoxy) is 1. The van der Waals surface area contributed by atoms with Crippen LogP contribution in [0.3, 0.4) is 0 Å². The molecule has 5 nitrogen and oxygen atoms in total. The van der Waals surface area contributed by atoms with Gasteiger partial charge in [0.1, 0.15) is 11.6 Å². The van der Waals surface area contributed by atoms with E-state index < -0.39 is 0 Å². The Hall–Kier alpha value is -3.21. The molecule has 5 heteroatoms. The van der Waals surface area contributed by atoms with Crippen molar-refractivity contribution in [1.29, 1.82) is 0 Å². The number of hydrogen-bond donors (Lipinski definition) is 2. The van der Waals surface area contributed by atoms with Gasteiger partial charge < -0.3 is 20.4 Å². The Labute approximate surface area is 153 Å². The summed E-state index contributed by atoms with van der Waals surface area (Å²) in [6.07, 6.45) is 0. The highest BCUT2D eigenvalue weighted by Crippen LogP contribution is 2.28. The minimum atomic E-state index is -0.201. The van der Waals surface area contributed by atoms with E-state index in [0.29, 0.717) is 17.9 Å². The molecule has 1 aromatic heterocycles. The summed E-state index contributed by atoms with van der Waals surface area (Å²) in [6.45, 7) is 4.44. The lowest BCUT2D eigenvalue weighted by Gasteiger charge is -2.13. The van der Waals surface area contributed by atoms with E-state index >= 15 is 0 Å². The van der Waals surface area contributed by atoms with Gasteiger partial charge in [0.05, 0.1) is 19.2 Å². The largest absolute Gasteiger partial charge is 0.496 e. The highest BCUT2D eigenvalue weighted by Gasteiger charge is 2.22. The molecule has 1 amide bonds. The molecular weight excluding hydrogens is 326 g/mol. The Bertz CT molecular complexity index is 930. The molecule has 2 aromatic carbocycles. The number of nitrogen functional groups attached to an aromatic ring is 1. The van der Waals surface area contributed by atoms with Crippen LogP contribution in [0.1, 0.15) is 27.2 Å². The van der Waals surface area contributed by atoms with E-state index in [-0.39, 0.29) is 5.91 Å². The number of carbonyl (C=O) groups excluding carboxylic acids is 1. The Morgan fingerprint density at radius 2 is 1.73 bits per heavy atom. The van der Waals surface area contributed by atoms with Gasteiger partial charge in [0.2, 0.25) is 0 Å². The van der Waals surface area contributed by atoms with Crippen molar-refractivity contribution in [2.45, 2.75) is 20.4 Å². The van der Waals surface area contributed by atoms with Crippen molar-refractivity contribution in [3.63, 3.8) is 0 Å². The number of nitrogens with zero attached hydrogens (tertiary/aromatic N) is 1. The molecular formula is C21H23N3O2. The third-order valence-corrected chi connectivity index (χ3v) is 4.65. The minimum absolute atomic E-state index is 0.201. The molecule has 0 aliphatic heterocycles. The molecule has 0 unspecified atom stereocenters. The number of amides is 1. The summed E-state index contributed by atoms with van der Waals surface area (Å²) in [5, 5.41) is 2.91. The van der Waals surface area contributed by atoms with Crippen molar-refractivity contribution in [3.05, 3.63) is 77.0 Å². The van der Waals surface area contributed by atoms with Gasteiger partial charge in [-0.1, -0.05) is 36.4 Å². The Kier molecular flexibility index (Phi) is 4.98. The van der Waals surface area contributed by atoms with Crippen LogP contribution in [-0.2, 0) is 6.54 Å². The van der Waals surface area contributed by atoms with E-state index in [2.05, 4.69) is 5.32 Å². The second-order valence-corrected chi connectivity index (χ2v) is 6.19. The van der Waals surface area contributed by atoms with Crippen molar-refractivity contribution >= 4 is 17.4 Å². The molecule has 0 atom stereocenters. The van der Waals surface area contributed by atoms with Gasteiger partial charge in [-0.25, -0.2) is 0 Å². The lowest BCUT2D eigenvalue weighted by atomic mass is 10.1.